The molecule has 4 rings (SSSR count). The molecule has 0 atom stereocenters. The molecule has 1 aromatic heterocycles. The zero-order valence-electron chi connectivity index (χ0n) is 17.6. The lowest BCUT2D eigenvalue weighted by Gasteiger charge is -2.36. The van der Waals surface area contributed by atoms with Gasteiger partial charge in [0, 0.05) is 37.7 Å². The maximum Gasteiger partial charge on any atom is 0.328 e. The van der Waals surface area contributed by atoms with Crippen molar-refractivity contribution in [2.24, 2.45) is 0 Å². The van der Waals surface area contributed by atoms with Crippen molar-refractivity contribution in [1.29, 1.82) is 0 Å². The fourth-order valence-corrected chi connectivity index (χ4v) is 4.36. The van der Waals surface area contributed by atoms with Gasteiger partial charge in [-0.25, -0.2) is 4.79 Å². The Morgan fingerprint density at radius 2 is 1.74 bits per heavy atom. The molecule has 3 aromatic rings. The number of aromatic nitrogens is 2. The van der Waals surface area contributed by atoms with E-state index in [1.54, 1.807) is 29.9 Å². The molecule has 1 fully saturated rings. The predicted octanol–water partition coefficient (Wildman–Crippen LogP) is 2.95. The molecule has 7 nitrogen and oxygen atoms in total. The number of ether oxygens (including phenoxy) is 1. The van der Waals surface area contributed by atoms with E-state index in [4.69, 9.17) is 16.3 Å². The van der Waals surface area contributed by atoms with Gasteiger partial charge in [0.1, 0.15) is 5.75 Å². The van der Waals surface area contributed by atoms with E-state index in [1.165, 1.54) is 0 Å². The number of methoxy groups -OCH3 is 1. The van der Waals surface area contributed by atoms with Gasteiger partial charge in [0.2, 0.25) is 0 Å². The number of unbranched alkanes of at least 4 members (excludes halogenated alkanes) is 1. The Morgan fingerprint density at radius 1 is 1.00 bits per heavy atom. The Bertz CT molecular complexity index is 1170. The Morgan fingerprint density at radius 3 is 2.52 bits per heavy atom. The lowest BCUT2D eigenvalue weighted by molar-refractivity contribution is 0.250. The molecular weight excluding hydrogens is 416 g/mol. The third-order valence-corrected chi connectivity index (χ3v) is 6.10. The molecule has 1 aliphatic heterocycles. The molecule has 2 heterocycles. The summed E-state index contributed by atoms with van der Waals surface area (Å²) < 4.78 is 7.10. The number of benzene rings is 2. The highest BCUT2D eigenvalue weighted by molar-refractivity contribution is 6.31. The zero-order chi connectivity index (χ0) is 21.8. The first kappa shape index (κ1) is 21.5. The summed E-state index contributed by atoms with van der Waals surface area (Å²) in [5, 5.41) is 0.996. The normalized spacial score (nSPS) is 14.8. The first-order valence-corrected chi connectivity index (χ1v) is 11.0. The number of nitrogens with one attached hydrogen (secondary N) is 1. The highest BCUT2D eigenvalue weighted by atomic mass is 35.5. The van der Waals surface area contributed by atoms with Gasteiger partial charge in [0.05, 0.1) is 23.7 Å². The average Bonchev–Trinajstić information content (AvgIpc) is 2.78. The molecule has 0 saturated carbocycles. The highest BCUT2D eigenvalue weighted by Gasteiger charge is 2.19. The quantitative estimate of drug-likeness (QED) is 0.570. The number of hydrogen-bond donors (Lipinski definition) is 1. The number of fused-ring (bicyclic) bond motifs is 1. The zero-order valence-corrected chi connectivity index (χ0v) is 18.4. The van der Waals surface area contributed by atoms with E-state index >= 15 is 0 Å². The minimum atomic E-state index is -0.384. The predicted molar refractivity (Wildman–Crippen MR) is 125 cm³/mol. The average molecular weight is 443 g/mol. The molecule has 164 valence electrons. The number of rotatable bonds is 7. The number of anilines is 1. The van der Waals surface area contributed by atoms with Crippen LogP contribution in [0.15, 0.2) is 52.1 Å². The summed E-state index contributed by atoms with van der Waals surface area (Å²) in [7, 11) is 1.71. The monoisotopic (exact) mass is 442 g/mol. The molecule has 1 aliphatic rings. The van der Waals surface area contributed by atoms with Crippen molar-refractivity contribution in [2.75, 3.05) is 44.7 Å². The summed E-state index contributed by atoms with van der Waals surface area (Å²) in [6.45, 7) is 5.44. The van der Waals surface area contributed by atoms with Crippen LogP contribution in [0.3, 0.4) is 0 Å². The third kappa shape index (κ3) is 4.78. The van der Waals surface area contributed by atoms with Crippen LogP contribution in [-0.4, -0.2) is 54.3 Å². The molecule has 1 N–H and O–H groups in total. The second-order valence-corrected chi connectivity index (χ2v) is 8.22. The number of piperazine rings is 1. The van der Waals surface area contributed by atoms with Crippen molar-refractivity contribution >= 4 is 28.2 Å². The number of para-hydroxylation sites is 2. The summed E-state index contributed by atoms with van der Waals surface area (Å²) in [6.07, 6.45) is 1.82. The number of halogens is 1. The molecule has 0 spiro atoms. The van der Waals surface area contributed by atoms with Crippen LogP contribution in [-0.2, 0) is 6.54 Å². The summed E-state index contributed by atoms with van der Waals surface area (Å²) >= 11 is 6.09. The summed E-state index contributed by atoms with van der Waals surface area (Å²) in [5.74, 6) is 0.912. The van der Waals surface area contributed by atoms with Gasteiger partial charge in [-0.1, -0.05) is 23.7 Å². The lowest BCUT2D eigenvalue weighted by Crippen LogP contribution is -2.46. The van der Waals surface area contributed by atoms with Crippen molar-refractivity contribution in [1.82, 2.24) is 14.5 Å². The van der Waals surface area contributed by atoms with Crippen LogP contribution < -0.4 is 20.9 Å². The van der Waals surface area contributed by atoms with Crippen LogP contribution in [0.25, 0.3) is 10.9 Å². The maximum absolute atomic E-state index is 12.3. The topological polar surface area (TPSA) is 70.6 Å². The smallest absolute Gasteiger partial charge is 0.328 e. The SMILES string of the molecule is COc1ccccc1N1CCN(CCCCn2c(=O)[nH]c(=O)c3ccc(Cl)cc32)CC1. The van der Waals surface area contributed by atoms with E-state index in [1.807, 2.05) is 18.2 Å². The Balaban J connectivity index is 1.31. The second-order valence-electron chi connectivity index (χ2n) is 7.78. The molecule has 0 unspecified atom stereocenters. The Kier molecular flexibility index (Phi) is 6.63. The van der Waals surface area contributed by atoms with E-state index in [0.717, 1.165) is 57.0 Å². The number of aryl methyl sites for hydroxylation is 1. The van der Waals surface area contributed by atoms with E-state index in [9.17, 15) is 9.59 Å². The van der Waals surface area contributed by atoms with Crippen LogP contribution in [0.4, 0.5) is 5.69 Å². The number of aromatic amines is 1. The number of hydrogen-bond acceptors (Lipinski definition) is 5. The van der Waals surface area contributed by atoms with Gasteiger partial charge in [0.15, 0.2) is 0 Å². The molecule has 31 heavy (non-hydrogen) atoms. The van der Waals surface area contributed by atoms with Gasteiger partial charge in [0.25, 0.3) is 5.56 Å². The maximum atomic E-state index is 12.3. The molecule has 1 saturated heterocycles. The molecule has 0 aliphatic carbocycles. The molecule has 0 bridgehead atoms. The van der Waals surface area contributed by atoms with Crippen LogP contribution >= 0.6 is 11.6 Å². The molecule has 8 heteroatoms. The van der Waals surface area contributed by atoms with E-state index in [0.29, 0.717) is 22.5 Å². The molecule has 2 aromatic carbocycles. The second kappa shape index (κ2) is 9.58. The van der Waals surface area contributed by atoms with Gasteiger partial charge in [-0.15, -0.1) is 0 Å². The third-order valence-electron chi connectivity index (χ3n) is 5.87. The lowest BCUT2D eigenvalue weighted by atomic mass is 10.2. The highest BCUT2D eigenvalue weighted by Crippen LogP contribution is 2.28. The van der Waals surface area contributed by atoms with Crippen molar-refractivity contribution < 1.29 is 4.74 Å². The standard InChI is InChI=1S/C23H27ClN4O3/c1-31-21-7-3-2-6-19(21)27-14-12-26(13-15-27)10-4-5-11-28-20-16-17(24)8-9-18(20)22(29)25-23(28)30/h2-3,6-9,16H,4-5,10-15H2,1H3,(H,25,29,30). The van der Waals surface area contributed by atoms with Crippen molar-refractivity contribution in [3.63, 3.8) is 0 Å². The van der Waals surface area contributed by atoms with E-state index < -0.39 is 0 Å². The van der Waals surface area contributed by atoms with Gasteiger partial charge in [-0.3, -0.25) is 19.2 Å². The van der Waals surface area contributed by atoms with Crippen LogP contribution in [0.2, 0.25) is 5.02 Å². The summed E-state index contributed by atoms with van der Waals surface area (Å²) in [5.41, 5.74) is 0.977. The van der Waals surface area contributed by atoms with Gasteiger partial charge in [-0.2, -0.15) is 0 Å². The minimum absolute atomic E-state index is 0.374. The van der Waals surface area contributed by atoms with E-state index in [-0.39, 0.29) is 11.2 Å². The van der Waals surface area contributed by atoms with E-state index in [2.05, 4.69) is 20.9 Å². The van der Waals surface area contributed by atoms with Crippen LogP contribution in [0.5, 0.6) is 5.75 Å². The number of nitrogens with zero attached hydrogens (tertiary/aromatic N) is 3. The minimum Gasteiger partial charge on any atom is -0.495 e. The first-order chi connectivity index (χ1) is 15.1. The van der Waals surface area contributed by atoms with Crippen LogP contribution in [0, 0.1) is 0 Å². The van der Waals surface area contributed by atoms with Gasteiger partial charge >= 0.3 is 5.69 Å². The van der Waals surface area contributed by atoms with Crippen molar-refractivity contribution in [3.05, 3.63) is 68.3 Å². The Hall–Kier alpha value is -2.77. The molecule has 0 amide bonds. The Labute approximate surface area is 185 Å². The summed E-state index contributed by atoms with van der Waals surface area (Å²) in [4.78, 5) is 31.6. The van der Waals surface area contributed by atoms with Crippen molar-refractivity contribution in [3.8, 4) is 5.75 Å². The first-order valence-electron chi connectivity index (χ1n) is 10.6. The fourth-order valence-electron chi connectivity index (χ4n) is 4.19. The van der Waals surface area contributed by atoms with Crippen molar-refractivity contribution in [2.45, 2.75) is 19.4 Å². The summed E-state index contributed by atoms with van der Waals surface area (Å²) in [6, 6.07) is 13.1. The van der Waals surface area contributed by atoms with Gasteiger partial charge < -0.3 is 9.64 Å². The fraction of sp³-hybridized carbons (Fsp3) is 0.391. The van der Waals surface area contributed by atoms with Crippen LogP contribution in [0.1, 0.15) is 12.8 Å². The number of H-pyrrole nitrogens is 1. The molecular formula is C23H27ClN4O3. The van der Waals surface area contributed by atoms with Gasteiger partial charge in [-0.05, 0) is 49.7 Å². The molecule has 0 radical (unpaired) electrons. The largest absolute Gasteiger partial charge is 0.495 e.